The first kappa shape index (κ1) is 37.2. The van der Waals surface area contributed by atoms with Gasteiger partial charge in [-0.1, -0.05) is 48.5 Å². The van der Waals surface area contributed by atoms with Crippen LogP contribution in [0.15, 0.2) is 84.9 Å². The van der Waals surface area contributed by atoms with E-state index in [1.807, 2.05) is 18.2 Å². The number of rotatable bonds is 9. The molecule has 0 saturated carbocycles. The van der Waals surface area contributed by atoms with E-state index in [2.05, 4.69) is 86.7 Å². The van der Waals surface area contributed by atoms with Gasteiger partial charge in [0, 0.05) is 75.6 Å². The summed E-state index contributed by atoms with van der Waals surface area (Å²) in [5.41, 5.74) is 9.08. The number of phenolic OH excluding ortho intramolecular Hbond substituents is 1. The lowest BCUT2D eigenvalue weighted by atomic mass is 9.69. The average molecular weight is 768 g/mol. The van der Waals surface area contributed by atoms with Gasteiger partial charge in [-0.25, -0.2) is 0 Å². The number of benzene rings is 4. The average Bonchev–Trinajstić information content (AvgIpc) is 3.58. The number of piperidine rings is 2. The summed E-state index contributed by atoms with van der Waals surface area (Å²) in [5.74, 6) is 1.39. The molecule has 0 spiro atoms. The van der Waals surface area contributed by atoms with Crippen LogP contribution in [0.1, 0.15) is 88.5 Å². The topological polar surface area (TPSA) is 106 Å². The van der Waals surface area contributed by atoms with Crippen molar-refractivity contribution < 1.29 is 24.2 Å². The van der Waals surface area contributed by atoms with Crippen molar-refractivity contribution in [2.75, 3.05) is 62.7 Å². The highest BCUT2D eigenvalue weighted by Crippen LogP contribution is 2.47. The van der Waals surface area contributed by atoms with E-state index in [0.29, 0.717) is 35.9 Å². The summed E-state index contributed by atoms with van der Waals surface area (Å²) in [6.45, 7) is 7.41. The Morgan fingerprint density at radius 1 is 0.737 bits per heavy atom. The molecule has 3 amide bonds. The number of nitrogens with zero attached hydrogens (tertiary/aromatic N) is 4. The number of aryl methyl sites for hydroxylation is 1. The van der Waals surface area contributed by atoms with E-state index in [4.69, 9.17) is 4.74 Å². The second kappa shape index (κ2) is 15.9. The zero-order chi connectivity index (χ0) is 39.0. The molecule has 3 saturated heterocycles. The van der Waals surface area contributed by atoms with Crippen LogP contribution in [0, 0.1) is 5.92 Å². The quantitative estimate of drug-likeness (QED) is 0.187. The van der Waals surface area contributed by atoms with Gasteiger partial charge in [-0.05, 0) is 115 Å². The van der Waals surface area contributed by atoms with Crippen molar-refractivity contribution in [1.82, 2.24) is 15.1 Å². The first-order valence-electron chi connectivity index (χ1n) is 20.9. The van der Waals surface area contributed by atoms with E-state index in [-0.39, 0.29) is 24.2 Å². The molecule has 4 aromatic carbocycles. The highest BCUT2D eigenvalue weighted by Gasteiger charge is 2.41. The standard InChI is InChI=1S/C47H53N5O5/c1-57-42-29-37(27-35-30-52(47(56)45(35)42)41-15-16-43(54)48-46(41)55)51-25-23-49(24-26-51)20-17-31-18-21-50(22-19-31)36-10-7-33(8-11-36)44-39(32-5-3-2-4-6-32)13-9-34-28-38(53)12-14-40(34)44/h2-8,10-12,14,27-29,31,39,41,44,53H,9,13,15-26,30H2,1H3,(H,48,54,55)/t39-,41?,44+/m1/s1. The maximum Gasteiger partial charge on any atom is 0.258 e. The summed E-state index contributed by atoms with van der Waals surface area (Å²) in [7, 11) is 1.59. The first-order chi connectivity index (χ1) is 27.8. The number of carbonyl (C=O) groups is 3. The maximum absolute atomic E-state index is 13.4. The lowest BCUT2D eigenvalue weighted by Crippen LogP contribution is -2.52. The predicted molar refractivity (Wildman–Crippen MR) is 221 cm³/mol. The number of methoxy groups -OCH3 is 1. The Labute approximate surface area is 335 Å². The van der Waals surface area contributed by atoms with E-state index in [1.165, 1.54) is 47.2 Å². The second-order valence-corrected chi connectivity index (χ2v) is 16.6. The van der Waals surface area contributed by atoms with Crippen LogP contribution in [0.25, 0.3) is 0 Å². The number of nitrogens with one attached hydrogen (secondary N) is 1. The molecule has 4 aliphatic heterocycles. The molecular weight excluding hydrogens is 715 g/mol. The maximum atomic E-state index is 13.4. The number of ether oxygens (including phenoxy) is 1. The van der Waals surface area contributed by atoms with Gasteiger partial charge in [-0.2, -0.15) is 0 Å². The monoisotopic (exact) mass is 767 g/mol. The lowest BCUT2D eigenvalue weighted by molar-refractivity contribution is -0.136. The summed E-state index contributed by atoms with van der Waals surface area (Å²) in [6.07, 6.45) is 6.26. The molecule has 10 heteroatoms. The highest BCUT2D eigenvalue weighted by molar-refractivity contribution is 6.06. The summed E-state index contributed by atoms with van der Waals surface area (Å²) in [4.78, 5) is 46.8. The normalized spacial score (nSPS) is 23.0. The van der Waals surface area contributed by atoms with E-state index in [0.717, 1.165) is 75.8 Å². The third-order valence-electron chi connectivity index (χ3n) is 13.4. The molecule has 0 aromatic heterocycles. The molecule has 3 atom stereocenters. The molecule has 296 valence electrons. The Bertz CT molecular complexity index is 2120. The molecule has 0 bridgehead atoms. The number of hydrogen-bond acceptors (Lipinski definition) is 8. The summed E-state index contributed by atoms with van der Waals surface area (Å²) < 4.78 is 5.72. The van der Waals surface area contributed by atoms with Crippen molar-refractivity contribution in [2.24, 2.45) is 5.92 Å². The van der Waals surface area contributed by atoms with Crippen LogP contribution < -0.4 is 19.9 Å². The second-order valence-electron chi connectivity index (χ2n) is 16.6. The summed E-state index contributed by atoms with van der Waals surface area (Å²) in [5, 5.41) is 12.6. The molecule has 9 rings (SSSR count). The molecule has 3 fully saturated rings. The summed E-state index contributed by atoms with van der Waals surface area (Å²) in [6, 6.07) is 29.6. The zero-order valence-electron chi connectivity index (χ0n) is 32.9. The van der Waals surface area contributed by atoms with Gasteiger partial charge in [0.25, 0.3) is 5.91 Å². The van der Waals surface area contributed by atoms with E-state index >= 15 is 0 Å². The van der Waals surface area contributed by atoms with Crippen molar-refractivity contribution in [3.8, 4) is 11.5 Å². The number of piperazine rings is 1. The fourth-order valence-corrected chi connectivity index (χ4v) is 10.2. The van der Waals surface area contributed by atoms with Crippen molar-refractivity contribution in [2.45, 2.75) is 69.4 Å². The number of imide groups is 1. The molecule has 2 N–H and O–H groups in total. The van der Waals surface area contributed by atoms with Gasteiger partial charge in [0.1, 0.15) is 17.5 Å². The Kier molecular flexibility index (Phi) is 10.4. The molecule has 1 unspecified atom stereocenters. The van der Waals surface area contributed by atoms with Gasteiger partial charge in [-0.15, -0.1) is 0 Å². The number of amides is 3. The van der Waals surface area contributed by atoms with E-state index in [9.17, 15) is 19.5 Å². The SMILES string of the molecule is COc1cc(N2CCN(CCC3CCN(c4ccc([C@@H]5c6ccc(O)cc6CC[C@@H]5c5ccccc5)cc4)CC3)CC2)cc2c1C(=O)N(C1CCC(=O)NC1=O)C2. The molecule has 4 aromatic rings. The Morgan fingerprint density at radius 3 is 2.23 bits per heavy atom. The van der Waals surface area contributed by atoms with Crippen molar-refractivity contribution in [3.05, 3.63) is 118 Å². The number of phenols is 1. The molecule has 4 heterocycles. The third kappa shape index (κ3) is 7.47. The van der Waals surface area contributed by atoms with Crippen molar-refractivity contribution in [3.63, 3.8) is 0 Å². The minimum Gasteiger partial charge on any atom is -0.508 e. The van der Waals surface area contributed by atoms with Gasteiger partial charge in [0.15, 0.2) is 0 Å². The molecule has 57 heavy (non-hydrogen) atoms. The van der Waals surface area contributed by atoms with Gasteiger partial charge in [0.05, 0.1) is 12.7 Å². The zero-order valence-corrected chi connectivity index (χ0v) is 32.9. The number of anilines is 2. The molecule has 1 aliphatic carbocycles. The Morgan fingerprint density at radius 2 is 1.49 bits per heavy atom. The first-order valence-corrected chi connectivity index (χ1v) is 20.9. The van der Waals surface area contributed by atoms with Crippen LogP contribution in [-0.2, 0) is 22.6 Å². The largest absolute Gasteiger partial charge is 0.508 e. The number of hydrogen-bond donors (Lipinski definition) is 2. The number of fused-ring (bicyclic) bond motifs is 2. The molecular formula is C47H53N5O5. The fraction of sp³-hybridized carbons (Fsp3) is 0.426. The van der Waals surface area contributed by atoms with Crippen LogP contribution in [0.5, 0.6) is 11.5 Å². The van der Waals surface area contributed by atoms with Crippen LogP contribution in [-0.4, -0.2) is 91.6 Å². The van der Waals surface area contributed by atoms with Crippen molar-refractivity contribution in [1.29, 1.82) is 0 Å². The smallest absolute Gasteiger partial charge is 0.258 e. The van der Waals surface area contributed by atoms with E-state index in [1.54, 1.807) is 12.0 Å². The molecule has 10 nitrogen and oxygen atoms in total. The minimum absolute atomic E-state index is 0.210. The predicted octanol–water partition coefficient (Wildman–Crippen LogP) is 6.45. The number of aromatic hydroxyl groups is 1. The Balaban J connectivity index is 0.771. The minimum atomic E-state index is -0.643. The molecule has 5 aliphatic rings. The van der Waals surface area contributed by atoms with Crippen molar-refractivity contribution >= 4 is 29.1 Å². The van der Waals surface area contributed by atoms with Crippen LogP contribution >= 0.6 is 0 Å². The van der Waals surface area contributed by atoms with Crippen LogP contribution in [0.2, 0.25) is 0 Å². The number of carbonyl (C=O) groups excluding carboxylic acids is 3. The van der Waals surface area contributed by atoms with Gasteiger partial charge >= 0.3 is 0 Å². The lowest BCUT2D eigenvalue weighted by Gasteiger charge is -2.38. The Hall–Kier alpha value is -5.35. The van der Waals surface area contributed by atoms with E-state index < -0.39 is 11.9 Å². The highest BCUT2D eigenvalue weighted by atomic mass is 16.5. The van der Waals surface area contributed by atoms with Crippen LogP contribution in [0.3, 0.4) is 0 Å². The third-order valence-corrected chi connectivity index (χ3v) is 13.4. The fourth-order valence-electron chi connectivity index (χ4n) is 10.2. The van der Waals surface area contributed by atoms with Gasteiger partial charge in [0.2, 0.25) is 11.8 Å². The van der Waals surface area contributed by atoms with Gasteiger partial charge < -0.3 is 24.5 Å². The van der Waals surface area contributed by atoms with Gasteiger partial charge in [-0.3, -0.25) is 24.6 Å². The van der Waals surface area contributed by atoms with Crippen LogP contribution in [0.4, 0.5) is 11.4 Å². The summed E-state index contributed by atoms with van der Waals surface area (Å²) >= 11 is 0. The molecule has 0 radical (unpaired) electrons.